The second-order valence-corrected chi connectivity index (χ2v) is 5.84. The fourth-order valence-corrected chi connectivity index (χ4v) is 2.65. The lowest BCUT2D eigenvalue weighted by molar-refractivity contribution is -0.164. The molecule has 1 fully saturated rings. The van der Waals surface area contributed by atoms with Crippen molar-refractivity contribution in [3.8, 4) is 0 Å². The topological polar surface area (TPSA) is 46.5 Å². The standard InChI is InChI=1S/C12H21BrO3/c1-8(2)9-4-5-12(3,6-10(9)14)16-11(15)7-13/h8-10,14H,4-7H2,1-3H3/t9-,10+,12+/m1/s1. The van der Waals surface area contributed by atoms with Gasteiger partial charge in [0.2, 0.25) is 0 Å². The lowest BCUT2D eigenvalue weighted by Gasteiger charge is -2.41. The first-order valence-corrected chi connectivity index (χ1v) is 6.96. The summed E-state index contributed by atoms with van der Waals surface area (Å²) >= 11 is 3.08. The minimum Gasteiger partial charge on any atom is -0.459 e. The molecule has 3 nitrogen and oxygen atoms in total. The molecule has 4 heteroatoms. The third-order valence-electron chi connectivity index (χ3n) is 3.47. The van der Waals surface area contributed by atoms with Crippen LogP contribution in [0.15, 0.2) is 0 Å². The first-order chi connectivity index (χ1) is 7.38. The number of carbonyl (C=O) groups is 1. The van der Waals surface area contributed by atoms with Crippen LogP contribution in [0.5, 0.6) is 0 Å². The van der Waals surface area contributed by atoms with Crippen molar-refractivity contribution in [1.29, 1.82) is 0 Å². The van der Waals surface area contributed by atoms with Gasteiger partial charge in [0.15, 0.2) is 0 Å². The summed E-state index contributed by atoms with van der Waals surface area (Å²) in [6.45, 7) is 6.16. The van der Waals surface area contributed by atoms with E-state index in [0.29, 0.717) is 18.3 Å². The molecule has 0 aliphatic heterocycles. The van der Waals surface area contributed by atoms with E-state index in [9.17, 15) is 9.90 Å². The largest absolute Gasteiger partial charge is 0.459 e. The monoisotopic (exact) mass is 292 g/mol. The van der Waals surface area contributed by atoms with Crippen LogP contribution in [-0.2, 0) is 9.53 Å². The summed E-state index contributed by atoms with van der Waals surface area (Å²) < 4.78 is 5.38. The highest BCUT2D eigenvalue weighted by atomic mass is 79.9. The van der Waals surface area contributed by atoms with Crippen LogP contribution in [0.3, 0.4) is 0 Å². The van der Waals surface area contributed by atoms with Crippen LogP contribution >= 0.6 is 15.9 Å². The van der Waals surface area contributed by atoms with Crippen molar-refractivity contribution in [2.45, 2.75) is 51.7 Å². The van der Waals surface area contributed by atoms with E-state index in [1.165, 1.54) is 0 Å². The number of alkyl halides is 1. The number of carbonyl (C=O) groups excluding carboxylic acids is 1. The van der Waals surface area contributed by atoms with Gasteiger partial charge in [-0.25, -0.2) is 0 Å². The first kappa shape index (κ1) is 14.0. The third-order valence-corrected chi connectivity index (χ3v) is 3.93. The SMILES string of the molecule is CC(C)[C@H]1CC[C@](C)(OC(=O)CBr)C[C@@H]1O. The Morgan fingerprint density at radius 2 is 2.25 bits per heavy atom. The van der Waals surface area contributed by atoms with Gasteiger partial charge in [-0.05, 0) is 31.6 Å². The molecule has 0 amide bonds. The molecule has 0 bridgehead atoms. The van der Waals surface area contributed by atoms with Crippen molar-refractivity contribution in [2.75, 3.05) is 5.33 Å². The molecule has 0 heterocycles. The van der Waals surface area contributed by atoms with Crippen LogP contribution < -0.4 is 0 Å². The summed E-state index contributed by atoms with van der Waals surface area (Å²) in [5.74, 6) is 0.555. The van der Waals surface area contributed by atoms with E-state index >= 15 is 0 Å². The van der Waals surface area contributed by atoms with Gasteiger partial charge in [0.05, 0.1) is 6.10 Å². The predicted molar refractivity (Wildman–Crippen MR) is 66.5 cm³/mol. The highest BCUT2D eigenvalue weighted by Crippen LogP contribution is 2.38. The number of esters is 1. The summed E-state index contributed by atoms with van der Waals surface area (Å²) in [6.07, 6.45) is 1.95. The van der Waals surface area contributed by atoms with Crippen molar-refractivity contribution in [2.24, 2.45) is 11.8 Å². The zero-order valence-electron chi connectivity index (χ0n) is 10.2. The third kappa shape index (κ3) is 3.45. The Morgan fingerprint density at radius 1 is 1.62 bits per heavy atom. The lowest BCUT2D eigenvalue weighted by atomic mass is 9.73. The molecule has 1 saturated carbocycles. The molecule has 1 N–H and O–H groups in total. The van der Waals surface area contributed by atoms with Crippen LogP contribution in [-0.4, -0.2) is 28.1 Å². The molecule has 0 aromatic rings. The molecule has 1 aliphatic carbocycles. The molecule has 0 saturated heterocycles. The van der Waals surface area contributed by atoms with Crippen molar-refractivity contribution in [1.82, 2.24) is 0 Å². The van der Waals surface area contributed by atoms with E-state index in [1.54, 1.807) is 0 Å². The number of rotatable bonds is 3. The second-order valence-electron chi connectivity index (χ2n) is 5.28. The number of hydrogen-bond acceptors (Lipinski definition) is 3. The van der Waals surface area contributed by atoms with E-state index in [2.05, 4.69) is 29.8 Å². The molecule has 3 atom stereocenters. The molecule has 1 rings (SSSR count). The molecular formula is C12H21BrO3. The molecule has 0 radical (unpaired) electrons. The van der Waals surface area contributed by atoms with E-state index < -0.39 is 5.60 Å². The average molecular weight is 293 g/mol. The predicted octanol–water partition coefficient (Wildman–Crippen LogP) is 2.50. The van der Waals surface area contributed by atoms with Gasteiger partial charge in [-0.15, -0.1) is 0 Å². The maximum absolute atomic E-state index is 11.3. The summed E-state index contributed by atoms with van der Waals surface area (Å²) in [5, 5.41) is 10.3. The number of ether oxygens (including phenoxy) is 1. The Balaban J connectivity index is 2.58. The van der Waals surface area contributed by atoms with Crippen LogP contribution in [0.1, 0.15) is 40.0 Å². The Hall–Kier alpha value is -0.0900. The minimum atomic E-state index is -0.490. The molecule has 0 aromatic carbocycles. The Bertz CT molecular complexity index is 255. The van der Waals surface area contributed by atoms with E-state index in [0.717, 1.165) is 12.8 Å². The van der Waals surface area contributed by atoms with Gasteiger partial charge in [-0.3, -0.25) is 4.79 Å². The summed E-state index contributed by atoms with van der Waals surface area (Å²) in [5.41, 5.74) is -0.490. The van der Waals surface area contributed by atoms with E-state index in [1.807, 2.05) is 6.92 Å². The van der Waals surface area contributed by atoms with Crippen molar-refractivity contribution in [3.05, 3.63) is 0 Å². The van der Waals surface area contributed by atoms with Crippen molar-refractivity contribution in [3.63, 3.8) is 0 Å². The highest BCUT2D eigenvalue weighted by molar-refractivity contribution is 9.09. The molecule has 0 aromatic heterocycles. The molecule has 0 spiro atoms. The zero-order valence-corrected chi connectivity index (χ0v) is 11.8. The molecule has 16 heavy (non-hydrogen) atoms. The highest BCUT2D eigenvalue weighted by Gasteiger charge is 2.40. The van der Waals surface area contributed by atoms with Crippen LogP contribution in [0.4, 0.5) is 0 Å². The quantitative estimate of drug-likeness (QED) is 0.642. The fraction of sp³-hybridized carbons (Fsp3) is 0.917. The average Bonchev–Trinajstić information content (AvgIpc) is 2.16. The van der Waals surface area contributed by atoms with Gasteiger partial charge in [0, 0.05) is 6.42 Å². The van der Waals surface area contributed by atoms with Gasteiger partial charge in [-0.1, -0.05) is 29.8 Å². The smallest absolute Gasteiger partial charge is 0.317 e. The Morgan fingerprint density at radius 3 is 2.69 bits per heavy atom. The van der Waals surface area contributed by atoms with Crippen LogP contribution in [0.25, 0.3) is 0 Å². The fourth-order valence-electron chi connectivity index (χ4n) is 2.53. The summed E-state index contributed by atoms with van der Waals surface area (Å²) in [7, 11) is 0. The van der Waals surface area contributed by atoms with Gasteiger partial charge in [0.1, 0.15) is 10.9 Å². The molecule has 94 valence electrons. The number of halogens is 1. The van der Waals surface area contributed by atoms with Crippen molar-refractivity contribution >= 4 is 21.9 Å². The van der Waals surface area contributed by atoms with Gasteiger partial charge < -0.3 is 9.84 Å². The molecular weight excluding hydrogens is 272 g/mol. The Kier molecular flexibility index (Phi) is 4.80. The molecule has 1 aliphatic rings. The second kappa shape index (κ2) is 5.50. The normalized spacial score (nSPS) is 35.1. The summed E-state index contributed by atoms with van der Waals surface area (Å²) in [6, 6.07) is 0. The zero-order chi connectivity index (χ0) is 12.3. The van der Waals surface area contributed by atoms with Crippen LogP contribution in [0, 0.1) is 11.8 Å². The van der Waals surface area contributed by atoms with Gasteiger partial charge in [-0.2, -0.15) is 0 Å². The van der Waals surface area contributed by atoms with E-state index in [-0.39, 0.29) is 17.4 Å². The maximum Gasteiger partial charge on any atom is 0.317 e. The van der Waals surface area contributed by atoms with Crippen LogP contribution in [0.2, 0.25) is 0 Å². The van der Waals surface area contributed by atoms with Gasteiger partial charge >= 0.3 is 5.97 Å². The van der Waals surface area contributed by atoms with E-state index in [4.69, 9.17) is 4.74 Å². The number of aliphatic hydroxyl groups excluding tert-OH is 1. The maximum atomic E-state index is 11.3. The lowest BCUT2D eigenvalue weighted by Crippen LogP contribution is -2.44. The summed E-state index contributed by atoms with van der Waals surface area (Å²) in [4.78, 5) is 11.3. The van der Waals surface area contributed by atoms with Gasteiger partial charge in [0.25, 0.3) is 0 Å². The number of hydrogen-bond donors (Lipinski definition) is 1. The molecule has 0 unspecified atom stereocenters. The Labute approximate surface area is 106 Å². The minimum absolute atomic E-state index is 0.215. The number of aliphatic hydroxyl groups is 1. The first-order valence-electron chi connectivity index (χ1n) is 5.84. The van der Waals surface area contributed by atoms with Crippen molar-refractivity contribution < 1.29 is 14.6 Å².